The number of amides is 4. The molecule has 4 aliphatic rings. The van der Waals surface area contributed by atoms with Crippen LogP contribution in [0.5, 0.6) is 0 Å². The molecular weight excluding hydrogens is 360 g/mol. The number of carbonyl (C=O) groups excluding carboxylic acids is 4. The van der Waals surface area contributed by atoms with Gasteiger partial charge in [-0.3, -0.25) is 29.4 Å². The van der Waals surface area contributed by atoms with Gasteiger partial charge in [0.2, 0.25) is 11.8 Å². The molecule has 3 fully saturated rings. The van der Waals surface area contributed by atoms with Crippen molar-refractivity contribution in [2.24, 2.45) is 5.41 Å². The second-order valence-electron chi connectivity index (χ2n) is 8.40. The summed E-state index contributed by atoms with van der Waals surface area (Å²) in [6, 6.07) is 4.44. The molecular formula is C20H23N4O4+. The second kappa shape index (κ2) is 6.13. The van der Waals surface area contributed by atoms with E-state index in [2.05, 4.69) is 15.5 Å². The Morgan fingerprint density at radius 3 is 2.43 bits per heavy atom. The molecule has 1 aromatic carbocycles. The van der Waals surface area contributed by atoms with E-state index in [9.17, 15) is 19.2 Å². The molecule has 0 radical (unpaired) electrons. The largest absolute Gasteiger partial charge is 0.370 e. The van der Waals surface area contributed by atoms with Crippen molar-refractivity contribution in [2.45, 2.75) is 31.7 Å². The lowest BCUT2D eigenvalue weighted by molar-refractivity contribution is -0.668. The van der Waals surface area contributed by atoms with Gasteiger partial charge >= 0.3 is 0 Å². The van der Waals surface area contributed by atoms with Gasteiger partial charge in [-0.05, 0) is 24.6 Å². The molecule has 1 aromatic rings. The van der Waals surface area contributed by atoms with Crippen molar-refractivity contribution in [1.29, 1.82) is 0 Å². The lowest BCUT2D eigenvalue weighted by Gasteiger charge is -2.52. The Labute approximate surface area is 162 Å². The summed E-state index contributed by atoms with van der Waals surface area (Å²) in [7, 11) is 0. The van der Waals surface area contributed by atoms with Crippen molar-refractivity contribution in [3.8, 4) is 0 Å². The normalized spacial score (nSPS) is 26.4. The molecule has 3 saturated heterocycles. The predicted molar refractivity (Wildman–Crippen MR) is 98.7 cm³/mol. The van der Waals surface area contributed by atoms with Crippen LogP contribution in [0.15, 0.2) is 18.2 Å². The highest BCUT2D eigenvalue weighted by Gasteiger charge is 2.47. The average molecular weight is 383 g/mol. The minimum absolute atomic E-state index is 0.127. The maximum atomic E-state index is 12.9. The number of nitrogens with zero attached hydrogens (tertiary/aromatic N) is 2. The van der Waals surface area contributed by atoms with E-state index in [0.29, 0.717) is 16.5 Å². The van der Waals surface area contributed by atoms with Gasteiger partial charge in [0.25, 0.3) is 11.8 Å². The first-order chi connectivity index (χ1) is 13.5. The SMILES string of the molecule is O=C1CCC(N2C(=O)c3ccc(N4CC5(CC[NH2+]CC5)C4)cc3C2=O)C(=O)N1. The van der Waals surface area contributed by atoms with E-state index in [-0.39, 0.29) is 18.7 Å². The number of quaternary nitrogens is 1. The number of anilines is 1. The van der Waals surface area contributed by atoms with Crippen molar-refractivity contribution in [2.75, 3.05) is 31.1 Å². The highest BCUT2D eigenvalue weighted by molar-refractivity contribution is 6.23. The summed E-state index contributed by atoms with van der Waals surface area (Å²) in [6.45, 7) is 4.31. The summed E-state index contributed by atoms with van der Waals surface area (Å²) in [5, 5.41) is 4.58. The molecule has 3 N–H and O–H groups in total. The van der Waals surface area contributed by atoms with Gasteiger partial charge < -0.3 is 10.2 Å². The van der Waals surface area contributed by atoms with Crippen molar-refractivity contribution in [3.05, 3.63) is 29.3 Å². The fourth-order valence-corrected chi connectivity index (χ4v) is 5.00. The maximum absolute atomic E-state index is 12.9. The quantitative estimate of drug-likeness (QED) is 0.654. The third kappa shape index (κ3) is 2.55. The van der Waals surface area contributed by atoms with E-state index in [1.165, 1.54) is 25.9 Å². The Balaban J connectivity index is 1.36. The molecule has 8 nitrogen and oxygen atoms in total. The minimum Gasteiger partial charge on any atom is -0.370 e. The number of piperidine rings is 2. The van der Waals surface area contributed by atoms with Crippen LogP contribution in [0.3, 0.4) is 0 Å². The molecule has 0 saturated carbocycles. The lowest BCUT2D eigenvalue weighted by Crippen LogP contribution is -2.88. The fraction of sp³-hybridized carbons (Fsp3) is 0.500. The van der Waals surface area contributed by atoms with Crippen molar-refractivity contribution >= 4 is 29.3 Å². The monoisotopic (exact) mass is 383 g/mol. The molecule has 146 valence electrons. The van der Waals surface area contributed by atoms with Gasteiger partial charge in [0.15, 0.2) is 0 Å². The first-order valence-corrected chi connectivity index (χ1v) is 9.90. The molecule has 4 heterocycles. The molecule has 28 heavy (non-hydrogen) atoms. The van der Waals surface area contributed by atoms with Gasteiger partial charge in [-0.15, -0.1) is 0 Å². The van der Waals surface area contributed by atoms with Gasteiger partial charge in [0, 0.05) is 43.5 Å². The predicted octanol–water partition coefficient (Wildman–Crippen LogP) is -0.749. The highest BCUT2D eigenvalue weighted by Crippen LogP contribution is 2.41. The molecule has 1 unspecified atom stereocenters. The van der Waals surface area contributed by atoms with Crippen LogP contribution in [0, 0.1) is 5.41 Å². The van der Waals surface area contributed by atoms with Crippen molar-refractivity contribution in [3.63, 3.8) is 0 Å². The smallest absolute Gasteiger partial charge is 0.262 e. The zero-order valence-corrected chi connectivity index (χ0v) is 15.6. The molecule has 0 bridgehead atoms. The number of nitrogens with two attached hydrogens (primary N) is 1. The third-order valence-corrected chi connectivity index (χ3v) is 6.60. The van der Waals surface area contributed by atoms with Gasteiger partial charge in [0.1, 0.15) is 6.04 Å². The van der Waals surface area contributed by atoms with Crippen LogP contribution in [0.4, 0.5) is 5.69 Å². The molecule has 4 aliphatic heterocycles. The van der Waals surface area contributed by atoms with E-state index in [1.54, 1.807) is 12.1 Å². The number of hydrogen-bond acceptors (Lipinski definition) is 5. The lowest BCUT2D eigenvalue weighted by atomic mass is 9.72. The molecule has 1 spiro atoms. The van der Waals surface area contributed by atoms with E-state index in [0.717, 1.165) is 23.7 Å². The summed E-state index contributed by atoms with van der Waals surface area (Å²) in [5.41, 5.74) is 2.03. The number of imide groups is 2. The zero-order chi connectivity index (χ0) is 19.5. The minimum atomic E-state index is -0.917. The second-order valence-corrected chi connectivity index (χ2v) is 8.40. The van der Waals surface area contributed by atoms with E-state index in [4.69, 9.17) is 0 Å². The Bertz CT molecular complexity index is 897. The zero-order valence-electron chi connectivity index (χ0n) is 15.6. The number of benzene rings is 1. The molecule has 4 amide bonds. The van der Waals surface area contributed by atoms with Crippen LogP contribution in [0.25, 0.3) is 0 Å². The van der Waals surface area contributed by atoms with Crippen molar-refractivity contribution < 1.29 is 24.5 Å². The van der Waals surface area contributed by atoms with Gasteiger partial charge in [-0.25, -0.2) is 0 Å². The molecule has 5 rings (SSSR count). The van der Waals surface area contributed by atoms with Crippen LogP contribution < -0.4 is 15.5 Å². The molecule has 8 heteroatoms. The van der Waals surface area contributed by atoms with Gasteiger partial charge in [-0.1, -0.05) is 0 Å². The number of carbonyl (C=O) groups is 4. The Hall–Kier alpha value is -2.74. The Morgan fingerprint density at radius 1 is 1.00 bits per heavy atom. The van der Waals surface area contributed by atoms with E-state index in [1.807, 2.05) is 6.07 Å². The van der Waals surface area contributed by atoms with E-state index >= 15 is 0 Å². The maximum Gasteiger partial charge on any atom is 0.262 e. The van der Waals surface area contributed by atoms with Crippen LogP contribution >= 0.6 is 0 Å². The number of fused-ring (bicyclic) bond motifs is 1. The summed E-state index contributed by atoms with van der Waals surface area (Å²) in [4.78, 5) is 52.5. The van der Waals surface area contributed by atoms with Crippen molar-refractivity contribution in [1.82, 2.24) is 10.2 Å². The number of nitrogens with one attached hydrogen (secondary N) is 1. The Kier molecular flexibility index (Phi) is 3.80. The standard InChI is InChI=1S/C20H22N4O4/c25-16-4-3-15(17(26)22-16)24-18(27)13-2-1-12(9-14(13)19(24)28)23-10-20(11-23)5-7-21-8-6-20/h1-2,9,15,21H,3-8,10-11H2,(H,22,25,26)/p+1. The summed E-state index contributed by atoms with van der Waals surface area (Å²) < 4.78 is 0. The van der Waals surface area contributed by atoms with Crippen LogP contribution in [0.1, 0.15) is 46.4 Å². The molecule has 0 aromatic heterocycles. The Morgan fingerprint density at radius 2 is 1.71 bits per heavy atom. The third-order valence-electron chi connectivity index (χ3n) is 6.60. The molecule has 1 atom stereocenters. The number of hydrogen-bond donors (Lipinski definition) is 2. The summed E-state index contributed by atoms with van der Waals surface area (Å²) in [5.74, 6) is -1.85. The highest BCUT2D eigenvalue weighted by atomic mass is 16.2. The van der Waals surface area contributed by atoms with Crippen LogP contribution in [-0.2, 0) is 9.59 Å². The van der Waals surface area contributed by atoms with Crippen LogP contribution in [0.2, 0.25) is 0 Å². The number of rotatable bonds is 2. The van der Waals surface area contributed by atoms with Gasteiger partial charge in [0.05, 0.1) is 24.2 Å². The molecule has 0 aliphatic carbocycles. The van der Waals surface area contributed by atoms with Gasteiger partial charge in [-0.2, -0.15) is 0 Å². The van der Waals surface area contributed by atoms with E-state index < -0.39 is 23.8 Å². The average Bonchev–Trinajstić information content (AvgIpc) is 2.91. The first kappa shape index (κ1) is 17.4. The first-order valence-electron chi connectivity index (χ1n) is 9.90. The fourth-order valence-electron chi connectivity index (χ4n) is 5.00. The van der Waals surface area contributed by atoms with Crippen LogP contribution in [-0.4, -0.2) is 60.7 Å². The summed E-state index contributed by atoms with van der Waals surface area (Å²) in [6.07, 6.45) is 2.74. The topological polar surface area (TPSA) is 103 Å². The summed E-state index contributed by atoms with van der Waals surface area (Å²) >= 11 is 0.